The summed E-state index contributed by atoms with van der Waals surface area (Å²) in [6, 6.07) is 3.03. The number of rotatable bonds is 4. The lowest BCUT2D eigenvalue weighted by atomic mass is 10.2. The zero-order valence-electron chi connectivity index (χ0n) is 12.7. The molecule has 0 saturated carbocycles. The average molecular weight is 348 g/mol. The lowest BCUT2D eigenvalue weighted by Crippen LogP contribution is -2.14. The predicted octanol–water partition coefficient (Wildman–Crippen LogP) is 2.03. The van der Waals surface area contributed by atoms with Gasteiger partial charge >= 0.3 is 11.9 Å². The second-order valence-electron chi connectivity index (χ2n) is 4.79. The Morgan fingerprint density at radius 3 is 2.83 bits per heavy atom. The predicted molar refractivity (Wildman–Crippen MR) is 84.1 cm³/mol. The van der Waals surface area contributed by atoms with E-state index in [2.05, 4.69) is 14.7 Å². The number of ether oxygens (including phenoxy) is 2. The van der Waals surface area contributed by atoms with Crippen molar-refractivity contribution in [3.8, 4) is 0 Å². The van der Waals surface area contributed by atoms with Crippen LogP contribution >= 0.6 is 11.3 Å². The summed E-state index contributed by atoms with van der Waals surface area (Å²) in [6.07, 6.45) is 1.35. The maximum Gasteiger partial charge on any atom is 0.374 e. The van der Waals surface area contributed by atoms with E-state index >= 15 is 0 Å². The van der Waals surface area contributed by atoms with Gasteiger partial charge in [0.25, 0.3) is 5.56 Å². The van der Waals surface area contributed by atoms with Crippen LogP contribution in [0.4, 0.5) is 0 Å². The minimum Gasteiger partial charge on any atom is -0.465 e. The topological polar surface area (TPSA) is 111 Å². The third-order valence-electron chi connectivity index (χ3n) is 3.28. The fourth-order valence-electron chi connectivity index (χ4n) is 2.14. The van der Waals surface area contributed by atoms with Crippen LogP contribution in [0.25, 0.3) is 10.2 Å². The molecule has 0 aliphatic carbocycles. The number of aromatic nitrogens is 2. The first-order chi connectivity index (χ1) is 11.5. The van der Waals surface area contributed by atoms with Gasteiger partial charge in [0.05, 0.1) is 18.8 Å². The zero-order chi connectivity index (χ0) is 17.3. The molecule has 0 radical (unpaired) electrons. The normalized spacial score (nSPS) is 10.8. The van der Waals surface area contributed by atoms with Crippen LogP contribution in [0.3, 0.4) is 0 Å². The van der Waals surface area contributed by atoms with Crippen molar-refractivity contribution in [2.24, 2.45) is 0 Å². The van der Waals surface area contributed by atoms with E-state index in [0.29, 0.717) is 20.7 Å². The maximum absolute atomic E-state index is 12.2. The molecular formula is C15H12N2O6S. The molecule has 0 spiro atoms. The summed E-state index contributed by atoms with van der Waals surface area (Å²) in [5.74, 6) is -0.968. The fraction of sp³-hybridized carbons (Fsp3) is 0.200. The Hall–Kier alpha value is -2.94. The van der Waals surface area contributed by atoms with Gasteiger partial charge in [-0.3, -0.25) is 4.79 Å². The quantitative estimate of drug-likeness (QED) is 0.718. The number of aryl methyl sites for hydroxylation is 1. The van der Waals surface area contributed by atoms with Crippen molar-refractivity contribution in [1.82, 2.24) is 9.97 Å². The van der Waals surface area contributed by atoms with Crippen molar-refractivity contribution in [3.05, 3.63) is 50.8 Å². The molecule has 0 fully saturated rings. The third kappa shape index (κ3) is 2.81. The molecule has 0 unspecified atom stereocenters. The Morgan fingerprint density at radius 2 is 2.17 bits per heavy atom. The van der Waals surface area contributed by atoms with E-state index in [-0.39, 0.29) is 18.2 Å². The second-order valence-corrected chi connectivity index (χ2v) is 5.79. The van der Waals surface area contributed by atoms with Gasteiger partial charge in [-0.15, -0.1) is 11.3 Å². The molecule has 0 saturated heterocycles. The van der Waals surface area contributed by atoms with Crippen LogP contribution < -0.4 is 5.56 Å². The van der Waals surface area contributed by atoms with E-state index in [9.17, 15) is 14.4 Å². The molecule has 3 aromatic rings. The van der Waals surface area contributed by atoms with Crippen molar-refractivity contribution >= 4 is 33.5 Å². The molecule has 124 valence electrons. The number of nitrogens with one attached hydrogen (secondary N) is 1. The number of esters is 2. The van der Waals surface area contributed by atoms with E-state index in [0.717, 1.165) is 11.3 Å². The van der Waals surface area contributed by atoms with Gasteiger partial charge in [-0.05, 0) is 24.6 Å². The molecule has 0 aliphatic heterocycles. The number of nitrogens with zero attached hydrogens (tertiary/aromatic N) is 1. The van der Waals surface area contributed by atoms with Gasteiger partial charge in [0.1, 0.15) is 22.1 Å². The van der Waals surface area contributed by atoms with Crippen molar-refractivity contribution < 1.29 is 23.5 Å². The molecular weight excluding hydrogens is 336 g/mol. The number of methoxy groups -OCH3 is 1. The van der Waals surface area contributed by atoms with Crippen LogP contribution in [0.2, 0.25) is 0 Å². The highest BCUT2D eigenvalue weighted by Crippen LogP contribution is 2.27. The molecule has 1 N–H and O–H groups in total. The first kappa shape index (κ1) is 15.9. The van der Waals surface area contributed by atoms with E-state index in [1.54, 1.807) is 13.0 Å². The second kappa shape index (κ2) is 6.28. The van der Waals surface area contributed by atoms with Crippen LogP contribution in [-0.4, -0.2) is 29.0 Å². The van der Waals surface area contributed by atoms with E-state index in [4.69, 9.17) is 9.15 Å². The van der Waals surface area contributed by atoms with E-state index in [1.165, 1.54) is 19.4 Å². The standard InChI is InChI=1S/C15H12N2O6S/c1-7-10-12(18)16-9(6-23-14(19)8-4-3-5-22-8)17-13(10)24-11(7)15(20)21-2/h3-5H,6H2,1-2H3,(H,16,17,18). The van der Waals surface area contributed by atoms with Crippen LogP contribution in [0.15, 0.2) is 27.6 Å². The number of aromatic amines is 1. The fourth-order valence-corrected chi connectivity index (χ4v) is 3.26. The maximum atomic E-state index is 12.2. The summed E-state index contributed by atoms with van der Waals surface area (Å²) in [5.41, 5.74) is 0.0997. The molecule has 3 heterocycles. The number of fused-ring (bicyclic) bond motifs is 1. The van der Waals surface area contributed by atoms with Crippen LogP contribution in [-0.2, 0) is 16.1 Å². The van der Waals surface area contributed by atoms with Gasteiger partial charge < -0.3 is 18.9 Å². The van der Waals surface area contributed by atoms with Gasteiger partial charge in [0.15, 0.2) is 0 Å². The van der Waals surface area contributed by atoms with Crippen molar-refractivity contribution in [2.75, 3.05) is 7.11 Å². The molecule has 0 aromatic carbocycles. The van der Waals surface area contributed by atoms with Crippen LogP contribution in [0.1, 0.15) is 31.6 Å². The van der Waals surface area contributed by atoms with Crippen molar-refractivity contribution in [2.45, 2.75) is 13.5 Å². The minimum absolute atomic E-state index is 0.0540. The lowest BCUT2D eigenvalue weighted by molar-refractivity contribution is 0.0425. The molecule has 8 nitrogen and oxygen atoms in total. The first-order valence-electron chi connectivity index (χ1n) is 6.82. The molecule has 24 heavy (non-hydrogen) atoms. The van der Waals surface area contributed by atoms with Gasteiger partial charge in [-0.2, -0.15) is 0 Å². The molecule has 0 amide bonds. The summed E-state index contributed by atoms with van der Waals surface area (Å²) in [7, 11) is 1.27. The summed E-state index contributed by atoms with van der Waals surface area (Å²) < 4.78 is 14.6. The van der Waals surface area contributed by atoms with Gasteiger partial charge in [-0.25, -0.2) is 14.6 Å². The Kier molecular flexibility index (Phi) is 4.17. The number of hydrogen-bond acceptors (Lipinski definition) is 8. The Balaban J connectivity index is 1.89. The van der Waals surface area contributed by atoms with Crippen LogP contribution in [0, 0.1) is 6.92 Å². The molecule has 3 aromatic heterocycles. The number of carbonyl (C=O) groups is 2. The van der Waals surface area contributed by atoms with Gasteiger partial charge in [0, 0.05) is 0 Å². The number of furan rings is 1. The summed E-state index contributed by atoms with van der Waals surface area (Å²) in [6.45, 7) is 1.42. The van der Waals surface area contributed by atoms with Crippen molar-refractivity contribution in [1.29, 1.82) is 0 Å². The first-order valence-corrected chi connectivity index (χ1v) is 7.64. The Morgan fingerprint density at radius 1 is 1.38 bits per heavy atom. The average Bonchev–Trinajstić information content (AvgIpc) is 3.20. The molecule has 0 bridgehead atoms. The minimum atomic E-state index is -0.666. The SMILES string of the molecule is COC(=O)c1sc2nc(COC(=O)c3ccco3)[nH]c(=O)c2c1C. The summed E-state index contributed by atoms with van der Waals surface area (Å²) in [4.78, 5) is 43.1. The molecule has 9 heteroatoms. The van der Waals surface area contributed by atoms with Gasteiger partial charge in [-0.1, -0.05) is 0 Å². The van der Waals surface area contributed by atoms with Crippen LogP contribution in [0.5, 0.6) is 0 Å². The number of H-pyrrole nitrogens is 1. The molecule has 0 atom stereocenters. The molecule has 0 aliphatic rings. The number of carbonyl (C=O) groups excluding carboxylic acids is 2. The third-order valence-corrected chi connectivity index (χ3v) is 4.45. The highest BCUT2D eigenvalue weighted by Gasteiger charge is 2.20. The summed E-state index contributed by atoms with van der Waals surface area (Å²) in [5, 5.41) is 0.321. The highest BCUT2D eigenvalue weighted by molar-refractivity contribution is 7.20. The Labute approximate surface area is 139 Å². The zero-order valence-corrected chi connectivity index (χ0v) is 13.6. The van der Waals surface area contributed by atoms with Crippen molar-refractivity contribution in [3.63, 3.8) is 0 Å². The largest absolute Gasteiger partial charge is 0.465 e. The smallest absolute Gasteiger partial charge is 0.374 e. The Bertz CT molecular complexity index is 970. The lowest BCUT2D eigenvalue weighted by Gasteiger charge is -2.02. The number of thiophene rings is 1. The monoisotopic (exact) mass is 348 g/mol. The molecule has 3 rings (SSSR count). The summed E-state index contributed by atoms with van der Waals surface area (Å²) >= 11 is 1.05. The highest BCUT2D eigenvalue weighted by atomic mass is 32.1. The number of hydrogen-bond donors (Lipinski definition) is 1. The van der Waals surface area contributed by atoms with E-state index in [1.807, 2.05) is 0 Å². The van der Waals surface area contributed by atoms with Gasteiger partial charge in [0.2, 0.25) is 5.76 Å². The van der Waals surface area contributed by atoms with E-state index < -0.39 is 17.5 Å².